The van der Waals surface area contributed by atoms with E-state index in [0.29, 0.717) is 185 Å². The molecule has 3 N–H and O–H groups in total. The van der Waals surface area contributed by atoms with Crippen molar-refractivity contribution >= 4 is 24.2 Å². The number of amides is 4. The molecular formula is C57H96N4O23. The zero-order valence-corrected chi connectivity index (χ0v) is 49.8. The number of rotatable bonds is 58. The summed E-state index contributed by atoms with van der Waals surface area (Å²) in [5, 5.41) is 5.29. The van der Waals surface area contributed by atoms with E-state index in [1.807, 2.05) is 60.7 Å². The number of hydrogen-bond acceptors (Lipinski definition) is 23. The van der Waals surface area contributed by atoms with Crippen LogP contribution in [0.1, 0.15) is 31.9 Å². The van der Waals surface area contributed by atoms with Crippen LogP contribution in [0.25, 0.3) is 0 Å². The van der Waals surface area contributed by atoms with E-state index in [2.05, 4.69) is 16.1 Å². The lowest BCUT2D eigenvalue weighted by Crippen LogP contribution is -2.39. The summed E-state index contributed by atoms with van der Waals surface area (Å²) in [6.45, 7) is 17.4. The fourth-order valence-corrected chi connectivity index (χ4v) is 6.31. The molecule has 0 bridgehead atoms. The highest BCUT2D eigenvalue weighted by atomic mass is 16.7. The molecule has 2 aromatic carbocycles. The largest absolute Gasteiger partial charge is 0.445 e. The number of alkyl carbamates (subject to hydrolysis) is 2. The van der Waals surface area contributed by atoms with Gasteiger partial charge in [-0.2, -0.15) is 5.48 Å². The van der Waals surface area contributed by atoms with Crippen LogP contribution in [0.2, 0.25) is 0 Å². The molecule has 84 heavy (non-hydrogen) atoms. The Morgan fingerprint density at radius 3 is 0.964 bits per heavy atom. The maximum Gasteiger partial charge on any atom is 0.431 e. The molecule has 0 spiro atoms. The van der Waals surface area contributed by atoms with Gasteiger partial charge in [0.25, 0.3) is 0 Å². The van der Waals surface area contributed by atoms with E-state index in [1.165, 1.54) is 0 Å². The molecular weight excluding hydrogens is 1110 g/mol. The smallest absolute Gasteiger partial charge is 0.431 e. The van der Waals surface area contributed by atoms with E-state index in [-0.39, 0.29) is 65.4 Å². The van der Waals surface area contributed by atoms with Crippen molar-refractivity contribution in [3.8, 4) is 0 Å². The summed E-state index contributed by atoms with van der Waals surface area (Å²) in [6, 6.07) is 18.9. The van der Waals surface area contributed by atoms with Gasteiger partial charge in [-0.15, -0.1) is 0 Å². The van der Waals surface area contributed by atoms with Crippen LogP contribution in [-0.4, -0.2) is 266 Å². The van der Waals surface area contributed by atoms with Crippen LogP contribution < -0.4 is 16.1 Å². The second kappa shape index (κ2) is 55.9. The first-order chi connectivity index (χ1) is 41.1. The predicted molar refractivity (Wildman–Crippen MR) is 303 cm³/mol. The van der Waals surface area contributed by atoms with Crippen molar-refractivity contribution in [1.29, 1.82) is 0 Å². The lowest BCUT2D eigenvalue weighted by Gasteiger charge is -2.23. The molecule has 0 heterocycles. The third-order valence-corrected chi connectivity index (χ3v) is 10.4. The molecule has 2 aromatic rings. The van der Waals surface area contributed by atoms with Crippen molar-refractivity contribution in [3.05, 3.63) is 71.8 Å². The molecule has 0 aliphatic heterocycles. The highest BCUT2D eigenvalue weighted by molar-refractivity contribution is 5.77. The molecule has 0 aliphatic carbocycles. The Bertz CT molecular complexity index is 1740. The Labute approximate surface area is 495 Å². The number of ether oxygens (including phenoxy) is 18. The van der Waals surface area contributed by atoms with Gasteiger partial charge in [-0.05, 0) is 31.9 Å². The fraction of sp³-hybridized carbons (Fsp3) is 0.719. The Morgan fingerprint density at radius 2 is 0.643 bits per heavy atom. The molecule has 2 rings (SSSR count). The molecule has 0 saturated carbocycles. The van der Waals surface area contributed by atoms with Crippen molar-refractivity contribution in [2.75, 3.05) is 231 Å². The molecule has 0 saturated heterocycles. The van der Waals surface area contributed by atoms with E-state index in [1.54, 1.807) is 25.7 Å². The monoisotopic (exact) mass is 1200 g/mol. The summed E-state index contributed by atoms with van der Waals surface area (Å²) >= 11 is 0. The van der Waals surface area contributed by atoms with E-state index in [9.17, 15) is 19.2 Å². The van der Waals surface area contributed by atoms with Crippen LogP contribution in [0.15, 0.2) is 60.7 Å². The Balaban J connectivity index is 1.47. The number of nitrogens with zero attached hydrogens (tertiary/aromatic N) is 1. The number of hydroxylamine groups is 1. The number of carbonyl (C=O) groups is 4. The molecule has 0 aromatic heterocycles. The van der Waals surface area contributed by atoms with Crippen molar-refractivity contribution < 1.29 is 109 Å². The van der Waals surface area contributed by atoms with Gasteiger partial charge in [0.1, 0.15) is 25.4 Å². The van der Waals surface area contributed by atoms with Crippen LogP contribution in [0.5, 0.6) is 0 Å². The standard InChI is InChI=1S/C57H96N4O23/c1-57(2,3)84-56(65)60-83-47-46-79-43-42-77-39-38-76-40-41-78-44-45-80-50-53(62)61(16-20-68-24-28-72-32-36-74-34-30-70-26-22-66-18-14-58-54(63)81-48-51-10-6-4-7-11-51)17-21-69-25-29-73-33-37-75-35-31-71-27-23-67-19-15-59-55(64)82-49-52-12-8-5-9-13-52/h4-13H,14-50H2,1-3H3,(H,58,63)(H,59,64)(H,60,65). The molecule has 0 fully saturated rings. The Kier molecular flexibility index (Phi) is 50.0. The van der Waals surface area contributed by atoms with Crippen LogP contribution in [-0.2, 0) is 108 Å². The minimum Gasteiger partial charge on any atom is -0.445 e. The van der Waals surface area contributed by atoms with E-state index < -0.39 is 23.9 Å². The summed E-state index contributed by atoms with van der Waals surface area (Å²) in [7, 11) is 0. The summed E-state index contributed by atoms with van der Waals surface area (Å²) < 4.78 is 98.8. The molecule has 27 heteroatoms. The average molecular weight is 1210 g/mol. The lowest BCUT2D eigenvalue weighted by atomic mass is 10.2. The quantitative estimate of drug-likeness (QED) is 0.0486. The highest BCUT2D eigenvalue weighted by Gasteiger charge is 2.16. The number of nitrogens with one attached hydrogen (secondary N) is 3. The first-order valence-electron chi connectivity index (χ1n) is 28.6. The fourth-order valence-electron chi connectivity index (χ4n) is 6.31. The third kappa shape index (κ3) is 51.5. The summed E-state index contributed by atoms with van der Waals surface area (Å²) in [5.74, 6) is -0.216. The SMILES string of the molecule is CC(C)(C)OC(=O)NOCCOCCOCCOCCOCCOCC(=O)N(CCOCCOCCOCCOCCOCCNC(=O)OCc1ccccc1)CCOCCOCCOCCOCCOCCNC(=O)OCc1ccccc1. The van der Waals surface area contributed by atoms with E-state index in [4.69, 9.17) is 90.1 Å². The first-order valence-corrected chi connectivity index (χ1v) is 28.6. The van der Waals surface area contributed by atoms with Crippen LogP contribution in [0.3, 0.4) is 0 Å². The molecule has 0 aliphatic rings. The van der Waals surface area contributed by atoms with E-state index >= 15 is 0 Å². The summed E-state index contributed by atoms with van der Waals surface area (Å²) in [4.78, 5) is 54.9. The minimum absolute atomic E-state index is 0.138. The van der Waals surface area contributed by atoms with Crippen LogP contribution in [0.4, 0.5) is 14.4 Å². The minimum atomic E-state index is -0.664. The average Bonchev–Trinajstić information content (AvgIpc) is 3.51. The zero-order chi connectivity index (χ0) is 60.3. The van der Waals surface area contributed by atoms with Crippen molar-refractivity contribution in [3.63, 3.8) is 0 Å². The van der Waals surface area contributed by atoms with Gasteiger partial charge in [0, 0.05) is 26.2 Å². The van der Waals surface area contributed by atoms with Crippen molar-refractivity contribution in [1.82, 2.24) is 21.0 Å². The molecule has 482 valence electrons. The zero-order valence-electron chi connectivity index (χ0n) is 49.8. The first kappa shape index (κ1) is 75.2. The normalized spacial score (nSPS) is 11.4. The maximum atomic E-state index is 13.2. The topological polar surface area (TPSA) is 283 Å². The summed E-state index contributed by atoms with van der Waals surface area (Å²) in [6.07, 6.45) is -1.66. The number of benzene rings is 2. The van der Waals surface area contributed by atoms with Crippen LogP contribution in [0, 0.1) is 0 Å². The molecule has 4 amide bonds. The highest BCUT2D eigenvalue weighted by Crippen LogP contribution is 2.06. The summed E-state index contributed by atoms with van der Waals surface area (Å²) in [5.41, 5.74) is 3.41. The molecule has 0 atom stereocenters. The Hall–Kier alpha value is -4.92. The van der Waals surface area contributed by atoms with E-state index in [0.717, 1.165) is 11.1 Å². The number of carbonyl (C=O) groups excluding carboxylic acids is 4. The molecule has 0 radical (unpaired) electrons. The van der Waals surface area contributed by atoms with Gasteiger partial charge in [-0.25, -0.2) is 14.4 Å². The second-order valence-electron chi connectivity index (χ2n) is 18.4. The Morgan fingerprint density at radius 1 is 0.357 bits per heavy atom. The van der Waals surface area contributed by atoms with Crippen molar-refractivity contribution in [2.45, 2.75) is 39.6 Å². The van der Waals surface area contributed by atoms with Gasteiger partial charge in [-0.3, -0.25) is 9.63 Å². The van der Waals surface area contributed by atoms with Gasteiger partial charge in [0.15, 0.2) is 0 Å². The lowest BCUT2D eigenvalue weighted by molar-refractivity contribution is -0.138. The van der Waals surface area contributed by atoms with Crippen LogP contribution >= 0.6 is 0 Å². The third-order valence-electron chi connectivity index (χ3n) is 10.4. The van der Waals surface area contributed by atoms with Crippen molar-refractivity contribution in [2.24, 2.45) is 0 Å². The molecule has 27 nitrogen and oxygen atoms in total. The number of hydrogen-bond donors (Lipinski definition) is 3. The molecule has 0 unspecified atom stereocenters. The predicted octanol–water partition coefficient (Wildman–Crippen LogP) is 3.37. The van der Waals surface area contributed by atoms with Gasteiger partial charge < -0.3 is 101 Å². The maximum absolute atomic E-state index is 13.2. The van der Waals surface area contributed by atoms with Gasteiger partial charge in [0.2, 0.25) is 5.91 Å². The van der Waals surface area contributed by atoms with Gasteiger partial charge in [0.05, 0.1) is 198 Å². The van der Waals surface area contributed by atoms with Gasteiger partial charge in [-0.1, -0.05) is 60.7 Å². The van der Waals surface area contributed by atoms with Gasteiger partial charge >= 0.3 is 18.3 Å². The second-order valence-corrected chi connectivity index (χ2v) is 18.4.